The second-order valence-electron chi connectivity index (χ2n) is 5.61. The van der Waals surface area contributed by atoms with E-state index in [0.29, 0.717) is 18.2 Å². The summed E-state index contributed by atoms with van der Waals surface area (Å²) in [5, 5.41) is 3.48. The van der Waals surface area contributed by atoms with Crippen molar-refractivity contribution in [3.63, 3.8) is 0 Å². The molecule has 1 unspecified atom stereocenters. The molecule has 1 atom stereocenters. The highest BCUT2D eigenvalue weighted by Gasteiger charge is 2.14. The predicted molar refractivity (Wildman–Crippen MR) is 85.4 cm³/mol. The minimum absolute atomic E-state index is 0.133. The number of rotatable bonds is 8. The van der Waals surface area contributed by atoms with Crippen LogP contribution < -0.4 is 15.8 Å². The van der Waals surface area contributed by atoms with Crippen LogP contribution in [0.4, 0.5) is 11.4 Å². The smallest absolute Gasteiger partial charge is 0.123 e. The van der Waals surface area contributed by atoms with Gasteiger partial charge in [-0.3, -0.25) is 0 Å². The summed E-state index contributed by atoms with van der Waals surface area (Å²) in [4.78, 5) is 0. The maximum atomic E-state index is 5.94. The number of hydrogen-bond donors (Lipinski definition) is 2. The Morgan fingerprint density at radius 3 is 2.40 bits per heavy atom. The first-order valence-electron chi connectivity index (χ1n) is 7.33. The molecule has 4 nitrogen and oxygen atoms in total. The molecule has 0 heterocycles. The molecule has 1 rings (SSSR count). The molecule has 4 heteroatoms. The van der Waals surface area contributed by atoms with E-state index in [1.807, 2.05) is 39.0 Å². The van der Waals surface area contributed by atoms with Gasteiger partial charge >= 0.3 is 0 Å². The molecule has 0 amide bonds. The molecule has 0 fully saturated rings. The van der Waals surface area contributed by atoms with Crippen molar-refractivity contribution in [2.24, 2.45) is 5.92 Å². The fourth-order valence-corrected chi connectivity index (χ4v) is 1.91. The van der Waals surface area contributed by atoms with E-state index in [1.54, 1.807) is 0 Å². The van der Waals surface area contributed by atoms with Crippen molar-refractivity contribution in [1.29, 1.82) is 0 Å². The number of nitrogens with one attached hydrogen (secondary N) is 1. The molecule has 0 bridgehead atoms. The highest BCUT2D eigenvalue weighted by Crippen LogP contribution is 2.25. The fraction of sp³-hybridized carbons (Fsp3) is 0.625. The van der Waals surface area contributed by atoms with Gasteiger partial charge in [-0.15, -0.1) is 0 Å². The molecule has 0 radical (unpaired) electrons. The lowest BCUT2D eigenvalue weighted by Gasteiger charge is -2.24. The van der Waals surface area contributed by atoms with Gasteiger partial charge in [0.15, 0.2) is 0 Å². The number of ether oxygens (including phenoxy) is 2. The summed E-state index contributed by atoms with van der Waals surface area (Å²) in [6, 6.07) is 6.01. The zero-order chi connectivity index (χ0) is 15.1. The van der Waals surface area contributed by atoms with Crippen molar-refractivity contribution in [2.75, 3.05) is 24.3 Å². The molecule has 3 N–H and O–H groups in total. The summed E-state index contributed by atoms with van der Waals surface area (Å²) >= 11 is 0. The average molecular weight is 280 g/mol. The van der Waals surface area contributed by atoms with E-state index in [4.69, 9.17) is 15.2 Å². The van der Waals surface area contributed by atoms with Gasteiger partial charge in [-0.2, -0.15) is 0 Å². The lowest BCUT2D eigenvalue weighted by atomic mass is 10.0. The minimum Gasteiger partial charge on any atom is -0.491 e. The van der Waals surface area contributed by atoms with Gasteiger partial charge in [0.05, 0.1) is 18.8 Å². The molecule has 0 aliphatic heterocycles. The van der Waals surface area contributed by atoms with Gasteiger partial charge in [-0.1, -0.05) is 13.8 Å². The van der Waals surface area contributed by atoms with Crippen molar-refractivity contribution >= 4 is 11.4 Å². The zero-order valence-corrected chi connectivity index (χ0v) is 13.3. The number of nitrogen functional groups attached to an aromatic ring is 1. The minimum atomic E-state index is 0.133. The van der Waals surface area contributed by atoms with Gasteiger partial charge in [-0.25, -0.2) is 0 Å². The fourth-order valence-electron chi connectivity index (χ4n) is 1.91. The van der Waals surface area contributed by atoms with Crippen LogP contribution in [0.5, 0.6) is 5.75 Å². The first-order valence-corrected chi connectivity index (χ1v) is 7.33. The molecule has 0 saturated carbocycles. The van der Waals surface area contributed by atoms with Crippen molar-refractivity contribution in [3.05, 3.63) is 18.2 Å². The first-order chi connectivity index (χ1) is 9.42. The maximum absolute atomic E-state index is 5.94. The Hall–Kier alpha value is -1.42. The quantitative estimate of drug-likeness (QED) is 0.715. The Morgan fingerprint density at radius 2 is 1.85 bits per heavy atom. The number of benzene rings is 1. The zero-order valence-electron chi connectivity index (χ0n) is 13.3. The summed E-state index contributed by atoms with van der Waals surface area (Å²) in [5.41, 5.74) is 7.61. The SMILES string of the molecule is CCOCC(Nc1cc(N)cc(OC(C)C)c1)C(C)C. The molecule has 0 aliphatic carbocycles. The van der Waals surface area contributed by atoms with E-state index in [1.165, 1.54) is 0 Å². The van der Waals surface area contributed by atoms with Crippen LogP contribution in [-0.4, -0.2) is 25.4 Å². The van der Waals surface area contributed by atoms with Gasteiger partial charge in [-0.05, 0) is 32.8 Å². The van der Waals surface area contributed by atoms with E-state index in [0.717, 1.165) is 18.0 Å². The highest BCUT2D eigenvalue weighted by molar-refractivity contribution is 5.59. The summed E-state index contributed by atoms with van der Waals surface area (Å²) in [7, 11) is 0. The van der Waals surface area contributed by atoms with Crippen LogP contribution in [0.3, 0.4) is 0 Å². The van der Waals surface area contributed by atoms with Gasteiger partial charge in [0, 0.05) is 30.1 Å². The molecule has 0 saturated heterocycles. The lowest BCUT2D eigenvalue weighted by Crippen LogP contribution is -2.31. The average Bonchev–Trinajstić information content (AvgIpc) is 2.32. The van der Waals surface area contributed by atoms with Crippen molar-refractivity contribution < 1.29 is 9.47 Å². The summed E-state index contributed by atoms with van der Waals surface area (Å²) in [6.45, 7) is 11.8. The second kappa shape index (κ2) is 8.00. The first kappa shape index (κ1) is 16.6. The Balaban J connectivity index is 2.80. The van der Waals surface area contributed by atoms with Crippen LogP contribution in [0.25, 0.3) is 0 Å². The molecule has 114 valence electrons. The van der Waals surface area contributed by atoms with Crippen LogP contribution in [-0.2, 0) is 4.74 Å². The van der Waals surface area contributed by atoms with Crippen LogP contribution in [0.1, 0.15) is 34.6 Å². The molecule has 0 spiro atoms. The molecule has 0 aromatic heterocycles. The Kier molecular flexibility index (Phi) is 6.65. The van der Waals surface area contributed by atoms with E-state index < -0.39 is 0 Å². The van der Waals surface area contributed by atoms with Gasteiger partial charge in [0.25, 0.3) is 0 Å². The molecular formula is C16H28N2O2. The summed E-state index contributed by atoms with van der Waals surface area (Å²) in [6.07, 6.45) is 0.133. The normalized spacial score (nSPS) is 12.8. The predicted octanol–water partition coefficient (Wildman–Crippen LogP) is 3.53. The third-order valence-electron chi connectivity index (χ3n) is 2.96. The third kappa shape index (κ3) is 5.70. The van der Waals surface area contributed by atoms with E-state index in [9.17, 15) is 0 Å². The van der Waals surface area contributed by atoms with Crippen molar-refractivity contribution in [1.82, 2.24) is 0 Å². The monoisotopic (exact) mass is 280 g/mol. The Morgan fingerprint density at radius 1 is 1.15 bits per heavy atom. The van der Waals surface area contributed by atoms with Crippen LogP contribution in [0, 0.1) is 5.92 Å². The van der Waals surface area contributed by atoms with E-state index in [-0.39, 0.29) is 12.1 Å². The van der Waals surface area contributed by atoms with Gasteiger partial charge < -0.3 is 20.5 Å². The molecule has 1 aromatic rings. The van der Waals surface area contributed by atoms with Crippen molar-refractivity contribution in [2.45, 2.75) is 46.8 Å². The molecule has 20 heavy (non-hydrogen) atoms. The molecule has 1 aromatic carbocycles. The van der Waals surface area contributed by atoms with E-state index >= 15 is 0 Å². The van der Waals surface area contributed by atoms with Gasteiger partial charge in [0.2, 0.25) is 0 Å². The van der Waals surface area contributed by atoms with Crippen LogP contribution in [0.15, 0.2) is 18.2 Å². The topological polar surface area (TPSA) is 56.5 Å². The summed E-state index contributed by atoms with van der Waals surface area (Å²) < 4.78 is 11.2. The molecule has 0 aliphatic rings. The summed E-state index contributed by atoms with van der Waals surface area (Å²) in [5.74, 6) is 1.26. The Labute approximate surface area is 122 Å². The number of hydrogen-bond acceptors (Lipinski definition) is 4. The second-order valence-corrected chi connectivity index (χ2v) is 5.61. The molecular weight excluding hydrogens is 252 g/mol. The van der Waals surface area contributed by atoms with Gasteiger partial charge in [0.1, 0.15) is 5.75 Å². The lowest BCUT2D eigenvalue weighted by molar-refractivity contribution is 0.127. The largest absolute Gasteiger partial charge is 0.491 e. The Bertz CT molecular complexity index is 405. The number of anilines is 2. The van der Waals surface area contributed by atoms with Crippen molar-refractivity contribution in [3.8, 4) is 5.75 Å². The van der Waals surface area contributed by atoms with Crippen LogP contribution in [0.2, 0.25) is 0 Å². The third-order valence-corrected chi connectivity index (χ3v) is 2.96. The highest BCUT2D eigenvalue weighted by atomic mass is 16.5. The van der Waals surface area contributed by atoms with E-state index in [2.05, 4.69) is 19.2 Å². The van der Waals surface area contributed by atoms with Crippen LogP contribution >= 0.6 is 0 Å². The standard InChI is InChI=1S/C16H28N2O2/c1-6-19-10-16(11(2)3)18-14-7-13(17)8-15(9-14)20-12(4)5/h7-9,11-12,16,18H,6,10,17H2,1-5H3. The number of nitrogens with two attached hydrogens (primary N) is 1. The maximum Gasteiger partial charge on any atom is 0.123 e.